The average Bonchev–Trinajstić information content (AvgIpc) is 2.76. The molecule has 0 radical (unpaired) electrons. The van der Waals surface area contributed by atoms with E-state index in [-0.39, 0.29) is 24.4 Å². The first-order chi connectivity index (χ1) is 16.0. The van der Waals surface area contributed by atoms with Gasteiger partial charge < -0.3 is 14.9 Å². The van der Waals surface area contributed by atoms with Gasteiger partial charge in [-0.05, 0) is 63.9 Å². The molecule has 0 spiro atoms. The molecule has 0 aliphatic carbocycles. The summed E-state index contributed by atoms with van der Waals surface area (Å²) in [5.41, 5.74) is 2.95. The number of ether oxygens (including phenoxy) is 1. The van der Waals surface area contributed by atoms with Gasteiger partial charge in [-0.3, -0.25) is 14.5 Å². The minimum Gasteiger partial charge on any atom is -0.481 e. The molecular weight excluding hydrogens is 430 g/mol. The number of hydrogen-bond acceptors (Lipinski definition) is 5. The third-order valence-electron chi connectivity index (χ3n) is 5.52. The second-order valence-electron chi connectivity index (χ2n) is 9.30. The van der Waals surface area contributed by atoms with Crippen LogP contribution >= 0.6 is 0 Å². The Hall–Kier alpha value is -2.70. The Balaban J connectivity index is 0.00000133. The molecule has 0 fully saturated rings. The predicted molar refractivity (Wildman–Crippen MR) is 136 cm³/mol. The first-order valence-corrected chi connectivity index (χ1v) is 11.9. The summed E-state index contributed by atoms with van der Waals surface area (Å²) in [7, 11) is 0. The van der Waals surface area contributed by atoms with Crippen LogP contribution in [0.2, 0.25) is 0 Å². The molecule has 0 saturated carbocycles. The molecule has 2 rings (SSSR count). The van der Waals surface area contributed by atoms with Gasteiger partial charge in [-0.15, -0.1) is 0 Å². The smallest absolute Gasteiger partial charge is 0.313 e. The van der Waals surface area contributed by atoms with Crippen molar-refractivity contribution in [1.82, 2.24) is 4.90 Å². The number of benzene rings is 2. The summed E-state index contributed by atoms with van der Waals surface area (Å²) in [6.45, 7) is 14.5. The number of carboxylic acids is 1. The van der Waals surface area contributed by atoms with Gasteiger partial charge in [0.2, 0.25) is 0 Å². The van der Waals surface area contributed by atoms with Gasteiger partial charge in [0.25, 0.3) is 5.97 Å². The van der Waals surface area contributed by atoms with Gasteiger partial charge in [-0.25, -0.2) is 0 Å². The van der Waals surface area contributed by atoms with E-state index in [1.54, 1.807) is 0 Å². The molecule has 2 aromatic carbocycles. The lowest BCUT2D eigenvalue weighted by Crippen LogP contribution is -2.38. The van der Waals surface area contributed by atoms with E-state index < -0.39 is 5.97 Å². The zero-order chi connectivity index (χ0) is 25.8. The first kappa shape index (κ1) is 29.3. The van der Waals surface area contributed by atoms with Crippen molar-refractivity contribution in [1.29, 1.82) is 0 Å². The molecule has 0 aliphatic heterocycles. The number of carbonyl (C=O) groups excluding carboxylic acids is 1. The minimum absolute atomic E-state index is 0.0446. The highest BCUT2D eigenvalue weighted by Gasteiger charge is 2.23. The molecule has 0 heterocycles. The number of aliphatic hydroxyl groups excluding tert-OH is 1. The van der Waals surface area contributed by atoms with Gasteiger partial charge >= 0.3 is 5.97 Å². The lowest BCUT2D eigenvalue weighted by molar-refractivity contribution is -0.138. The normalized spacial score (nSPS) is 12.0. The van der Waals surface area contributed by atoms with Gasteiger partial charge in [-0.1, -0.05) is 50.2 Å². The number of nitrogens with zero attached hydrogens (tertiary/aromatic N) is 1. The van der Waals surface area contributed by atoms with E-state index >= 15 is 0 Å². The summed E-state index contributed by atoms with van der Waals surface area (Å²) < 4.78 is 5.78. The van der Waals surface area contributed by atoms with E-state index in [1.807, 2.05) is 50.2 Å². The molecule has 0 amide bonds. The highest BCUT2D eigenvalue weighted by atomic mass is 16.5. The van der Waals surface area contributed by atoms with Crippen LogP contribution in [0.3, 0.4) is 0 Å². The maximum atomic E-state index is 12.3. The van der Waals surface area contributed by atoms with Crippen LogP contribution in [0.5, 0.6) is 5.75 Å². The maximum absolute atomic E-state index is 12.3. The van der Waals surface area contributed by atoms with Crippen molar-refractivity contribution in [3.63, 3.8) is 0 Å². The number of hydrogen-bond donors (Lipinski definition) is 2. The van der Waals surface area contributed by atoms with Crippen molar-refractivity contribution in [2.24, 2.45) is 5.92 Å². The molecule has 2 aromatic rings. The molecule has 6 nitrogen and oxygen atoms in total. The fraction of sp³-hybridized carbons (Fsp3) is 0.500. The Kier molecular flexibility index (Phi) is 12.5. The van der Waals surface area contributed by atoms with Gasteiger partial charge in [0.15, 0.2) is 0 Å². The number of rotatable bonds is 10. The van der Waals surface area contributed by atoms with Gasteiger partial charge in [0.1, 0.15) is 5.75 Å². The summed E-state index contributed by atoms with van der Waals surface area (Å²) >= 11 is 0. The molecule has 0 saturated heterocycles. The minimum atomic E-state index is -0.833. The van der Waals surface area contributed by atoms with Crippen LogP contribution in [0, 0.1) is 5.92 Å². The molecule has 0 bridgehead atoms. The Morgan fingerprint density at radius 3 is 1.97 bits per heavy atom. The predicted octanol–water partition coefficient (Wildman–Crippen LogP) is 5.47. The third-order valence-corrected chi connectivity index (χ3v) is 5.52. The fourth-order valence-corrected chi connectivity index (χ4v) is 3.87. The highest BCUT2D eigenvalue weighted by Crippen LogP contribution is 2.36. The summed E-state index contributed by atoms with van der Waals surface area (Å²) in [5, 5.41) is 17.1. The van der Waals surface area contributed by atoms with Gasteiger partial charge in [0.05, 0.1) is 12.5 Å². The van der Waals surface area contributed by atoms with Gasteiger partial charge in [-0.2, -0.15) is 0 Å². The Bertz CT molecular complexity index is 881. The van der Waals surface area contributed by atoms with Crippen LogP contribution in [0.15, 0.2) is 48.5 Å². The molecule has 0 aromatic heterocycles. The number of aliphatic carboxylic acids is 1. The second-order valence-corrected chi connectivity index (χ2v) is 9.30. The summed E-state index contributed by atoms with van der Waals surface area (Å²) in [6, 6.07) is 16.9. The van der Waals surface area contributed by atoms with Crippen molar-refractivity contribution in [3.05, 3.63) is 65.2 Å². The fourth-order valence-electron chi connectivity index (χ4n) is 3.87. The Morgan fingerprint density at radius 1 is 0.941 bits per heavy atom. The van der Waals surface area contributed by atoms with E-state index in [1.165, 1.54) is 5.56 Å². The number of carboxylic acid groups (broad SMARTS) is 1. The topological polar surface area (TPSA) is 87.1 Å². The zero-order valence-corrected chi connectivity index (χ0v) is 21.6. The molecule has 34 heavy (non-hydrogen) atoms. The lowest BCUT2D eigenvalue weighted by Gasteiger charge is -2.32. The van der Waals surface area contributed by atoms with Crippen LogP contribution in [0.4, 0.5) is 0 Å². The van der Waals surface area contributed by atoms with Crippen LogP contribution in [-0.2, 0) is 16.2 Å². The van der Waals surface area contributed by atoms with Crippen LogP contribution in [0.25, 0.3) is 0 Å². The monoisotopic (exact) mass is 471 g/mol. The highest BCUT2D eigenvalue weighted by molar-refractivity contribution is 5.75. The first-order valence-electron chi connectivity index (χ1n) is 11.9. The molecular formula is C28H41NO5. The van der Waals surface area contributed by atoms with Crippen LogP contribution in [-0.4, -0.2) is 45.7 Å². The molecule has 188 valence electrons. The zero-order valence-electron chi connectivity index (χ0n) is 21.6. The summed E-state index contributed by atoms with van der Waals surface area (Å²) in [4.78, 5) is 23.8. The van der Waals surface area contributed by atoms with E-state index in [9.17, 15) is 9.90 Å². The quantitative estimate of drug-likeness (QED) is 0.353. The molecule has 6 heteroatoms. The number of esters is 1. The van der Waals surface area contributed by atoms with Crippen molar-refractivity contribution in [2.75, 3.05) is 6.54 Å². The largest absolute Gasteiger partial charge is 0.481 e. The standard InChI is InChI=1S/C26H37NO3.C2H4O2/c1-18(2)26(29)30-25-13-12-21(17-28)16-24(25)23(22-10-8-7-9-11-22)14-15-27(19(3)4)20(5)6;1-2(3)4/h7-13,16,18-20,23,28H,14-15,17H2,1-6H3;1H3,(H,3,4)/t23-;/m1./s1. The van der Waals surface area contributed by atoms with E-state index in [0.717, 1.165) is 31.0 Å². The van der Waals surface area contributed by atoms with Crippen molar-refractivity contribution < 1.29 is 24.5 Å². The summed E-state index contributed by atoms with van der Waals surface area (Å²) in [5.74, 6) is -0.637. The molecule has 1 atom stereocenters. The molecule has 2 N–H and O–H groups in total. The number of aliphatic hydroxyl groups is 1. The van der Waals surface area contributed by atoms with E-state index in [4.69, 9.17) is 14.6 Å². The van der Waals surface area contributed by atoms with Crippen LogP contribution in [0.1, 0.15) is 77.5 Å². The van der Waals surface area contributed by atoms with E-state index in [0.29, 0.717) is 17.8 Å². The third kappa shape index (κ3) is 9.65. The number of carbonyl (C=O) groups is 2. The van der Waals surface area contributed by atoms with Crippen molar-refractivity contribution in [3.8, 4) is 5.75 Å². The van der Waals surface area contributed by atoms with E-state index in [2.05, 4.69) is 44.7 Å². The Labute approximate surface area is 204 Å². The van der Waals surface area contributed by atoms with Crippen LogP contribution < -0.4 is 4.74 Å². The van der Waals surface area contributed by atoms with Gasteiger partial charge in [0, 0.05) is 30.5 Å². The average molecular weight is 472 g/mol. The molecule has 0 unspecified atom stereocenters. The van der Waals surface area contributed by atoms with Crippen molar-refractivity contribution >= 4 is 11.9 Å². The SMILES string of the molecule is CC(=O)O.CC(C)C(=O)Oc1ccc(CO)cc1[C@H](CCN(C(C)C)C(C)C)c1ccccc1. The Morgan fingerprint density at radius 2 is 1.50 bits per heavy atom. The lowest BCUT2D eigenvalue weighted by atomic mass is 9.86. The van der Waals surface area contributed by atoms with Crippen molar-refractivity contribution in [2.45, 2.75) is 79.5 Å². The maximum Gasteiger partial charge on any atom is 0.313 e. The second kappa shape index (κ2) is 14.5. The summed E-state index contributed by atoms with van der Waals surface area (Å²) in [6.07, 6.45) is 0.890. The molecule has 0 aliphatic rings.